The number of carbonyl (C=O) groups excluding carboxylic acids is 1. The van der Waals surface area contributed by atoms with Crippen LogP contribution in [0.25, 0.3) is 0 Å². The quantitative estimate of drug-likeness (QED) is 0.569. The number of fused-ring (bicyclic) bond motifs is 3. The molecule has 37 heavy (non-hydrogen) atoms. The second-order valence-electron chi connectivity index (χ2n) is 12.5. The third kappa shape index (κ3) is 3.41. The minimum absolute atomic E-state index is 0.141. The van der Waals surface area contributed by atoms with Crippen molar-refractivity contribution < 1.29 is 24.1 Å². The van der Waals surface area contributed by atoms with Gasteiger partial charge in [0.25, 0.3) is 5.91 Å². The van der Waals surface area contributed by atoms with Crippen molar-refractivity contribution in [3.05, 3.63) is 58.7 Å². The lowest BCUT2D eigenvalue weighted by Crippen LogP contribution is -2.70. The van der Waals surface area contributed by atoms with Crippen LogP contribution in [0.3, 0.4) is 0 Å². The Labute approximate surface area is 219 Å². The molecular weight excluding hydrogens is 466 g/mol. The highest BCUT2D eigenvalue weighted by molar-refractivity contribution is 6.00. The fourth-order valence-electron chi connectivity index (χ4n) is 8.02. The summed E-state index contributed by atoms with van der Waals surface area (Å²) in [5.74, 6) is 1.93. The normalized spacial score (nSPS) is 35.4. The van der Waals surface area contributed by atoms with Crippen LogP contribution in [0.2, 0.25) is 0 Å². The molecular formula is C31H39NO5. The number of hydrogen-bond acceptors (Lipinski definition) is 5. The van der Waals surface area contributed by atoms with Crippen molar-refractivity contribution in [2.45, 2.75) is 84.3 Å². The van der Waals surface area contributed by atoms with Crippen LogP contribution in [0.5, 0.6) is 11.5 Å². The van der Waals surface area contributed by atoms with E-state index < -0.39 is 11.8 Å². The molecule has 198 valence electrons. The number of carbonyl (C=O) groups is 1. The molecule has 6 atom stereocenters. The van der Waals surface area contributed by atoms with E-state index in [4.69, 9.17) is 14.2 Å². The van der Waals surface area contributed by atoms with E-state index in [9.17, 15) is 9.90 Å². The zero-order valence-electron chi connectivity index (χ0n) is 22.6. The summed E-state index contributed by atoms with van der Waals surface area (Å²) >= 11 is 0. The first kappa shape index (κ1) is 24.7. The first-order valence-corrected chi connectivity index (χ1v) is 13.7. The first-order valence-electron chi connectivity index (χ1n) is 13.7. The van der Waals surface area contributed by atoms with Gasteiger partial charge in [0.15, 0.2) is 6.23 Å². The summed E-state index contributed by atoms with van der Waals surface area (Å²) in [5, 5.41) is 14.0. The molecule has 1 spiro atoms. The highest BCUT2D eigenvalue weighted by atomic mass is 16.5. The van der Waals surface area contributed by atoms with E-state index in [1.54, 1.807) is 7.11 Å². The second-order valence-corrected chi connectivity index (χ2v) is 12.5. The first-order chi connectivity index (χ1) is 17.6. The molecule has 0 aromatic heterocycles. The van der Waals surface area contributed by atoms with Crippen LogP contribution >= 0.6 is 0 Å². The van der Waals surface area contributed by atoms with Gasteiger partial charge in [-0.3, -0.25) is 4.79 Å². The molecule has 6 nitrogen and oxygen atoms in total. The SMILES string of the molecule is COC1NC(=O)c2cc(OCc3ccccc3)c3c(c21)O[C@@]12CC[C@H](O)C(C)(C)[C@@H]1CC[C@H](C)[C@@]2(C)C3. The fourth-order valence-corrected chi connectivity index (χ4v) is 8.02. The molecule has 2 N–H and O–H groups in total. The molecule has 6 rings (SSSR count). The highest BCUT2D eigenvalue weighted by Gasteiger charge is 2.68. The van der Waals surface area contributed by atoms with Gasteiger partial charge in [0.1, 0.15) is 23.7 Å². The molecule has 0 radical (unpaired) electrons. The Morgan fingerprint density at radius 1 is 1.14 bits per heavy atom. The number of nitrogens with one attached hydrogen (secondary N) is 1. The van der Waals surface area contributed by atoms with Crippen LogP contribution in [-0.2, 0) is 17.8 Å². The molecule has 0 bridgehead atoms. The number of rotatable bonds is 4. The molecule has 1 unspecified atom stereocenters. The zero-order chi connectivity index (χ0) is 26.2. The Morgan fingerprint density at radius 3 is 2.62 bits per heavy atom. The van der Waals surface area contributed by atoms with Gasteiger partial charge in [-0.15, -0.1) is 0 Å². The lowest BCUT2D eigenvalue weighted by Gasteiger charge is -2.67. The van der Waals surface area contributed by atoms with E-state index in [-0.39, 0.29) is 28.8 Å². The standard InChI is InChI=1S/C31H39NO5/c1-18-11-12-23-29(2,3)24(33)13-14-31(23)30(18,4)16-21-22(36-17-19-9-7-6-8-10-19)15-20-25(26(21)37-31)28(35-5)32-27(20)34/h6-10,15,18,23-24,28,33H,11-14,16-17H2,1-5H3,(H,32,34)/t18-,23-,24-,28?,30+,31-/m0/s1. The molecule has 2 heterocycles. The zero-order valence-corrected chi connectivity index (χ0v) is 22.6. The molecule has 0 saturated heterocycles. The molecule has 2 aromatic carbocycles. The monoisotopic (exact) mass is 505 g/mol. The molecule has 2 fully saturated rings. The van der Waals surface area contributed by atoms with Crippen LogP contribution < -0.4 is 14.8 Å². The number of benzene rings is 2. The van der Waals surface area contributed by atoms with Crippen LogP contribution in [0.4, 0.5) is 0 Å². The summed E-state index contributed by atoms with van der Waals surface area (Å²) in [4.78, 5) is 13.0. The van der Waals surface area contributed by atoms with E-state index in [0.717, 1.165) is 48.1 Å². The Hall–Kier alpha value is -2.57. The Kier molecular flexibility index (Phi) is 5.67. The molecule has 2 aliphatic carbocycles. The predicted molar refractivity (Wildman–Crippen MR) is 141 cm³/mol. The van der Waals surface area contributed by atoms with Gasteiger partial charge in [-0.05, 0) is 55.1 Å². The predicted octanol–water partition coefficient (Wildman–Crippen LogP) is 5.56. The summed E-state index contributed by atoms with van der Waals surface area (Å²) in [7, 11) is 1.61. The van der Waals surface area contributed by atoms with Crippen LogP contribution in [0, 0.1) is 22.7 Å². The Morgan fingerprint density at radius 2 is 1.89 bits per heavy atom. The van der Waals surface area contributed by atoms with Gasteiger partial charge in [-0.1, -0.05) is 58.0 Å². The average molecular weight is 506 g/mol. The van der Waals surface area contributed by atoms with Crippen molar-refractivity contribution in [2.75, 3.05) is 7.11 Å². The van der Waals surface area contributed by atoms with Gasteiger partial charge in [0.05, 0.1) is 17.2 Å². The number of amides is 1. The van der Waals surface area contributed by atoms with Crippen molar-refractivity contribution in [3.63, 3.8) is 0 Å². The number of hydrogen-bond donors (Lipinski definition) is 2. The molecule has 4 aliphatic rings. The molecule has 2 aliphatic heterocycles. The van der Waals surface area contributed by atoms with Crippen molar-refractivity contribution in [1.82, 2.24) is 5.32 Å². The number of ether oxygens (including phenoxy) is 3. The minimum Gasteiger partial charge on any atom is -0.488 e. The van der Waals surface area contributed by atoms with Gasteiger partial charge in [-0.2, -0.15) is 0 Å². The maximum absolute atomic E-state index is 13.0. The topological polar surface area (TPSA) is 77.0 Å². The highest BCUT2D eigenvalue weighted by Crippen LogP contribution is 2.67. The van der Waals surface area contributed by atoms with E-state index in [1.807, 2.05) is 36.4 Å². The second kappa shape index (κ2) is 8.47. The average Bonchev–Trinajstić information content (AvgIpc) is 3.21. The number of aliphatic hydroxyl groups is 1. The number of methoxy groups -OCH3 is 1. The van der Waals surface area contributed by atoms with Gasteiger partial charge in [0, 0.05) is 24.0 Å². The molecule has 1 amide bonds. The third-order valence-electron chi connectivity index (χ3n) is 10.5. The van der Waals surface area contributed by atoms with Crippen LogP contribution in [0.15, 0.2) is 36.4 Å². The minimum atomic E-state index is -0.554. The lowest BCUT2D eigenvalue weighted by atomic mass is 9.43. The number of aliphatic hydroxyl groups excluding tert-OH is 1. The van der Waals surface area contributed by atoms with Crippen molar-refractivity contribution >= 4 is 5.91 Å². The smallest absolute Gasteiger partial charge is 0.254 e. The summed E-state index contributed by atoms with van der Waals surface area (Å²) in [6, 6.07) is 12.0. The third-order valence-corrected chi connectivity index (χ3v) is 10.5. The molecule has 2 saturated carbocycles. The van der Waals surface area contributed by atoms with Crippen molar-refractivity contribution in [3.8, 4) is 11.5 Å². The largest absolute Gasteiger partial charge is 0.488 e. The molecule has 2 aromatic rings. The maximum Gasteiger partial charge on any atom is 0.254 e. The van der Waals surface area contributed by atoms with Crippen molar-refractivity contribution in [1.29, 1.82) is 0 Å². The Bertz CT molecular complexity index is 1230. The lowest BCUT2D eigenvalue weighted by molar-refractivity contribution is -0.234. The summed E-state index contributed by atoms with van der Waals surface area (Å²) < 4.78 is 19.5. The van der Waals surface area contributed by atoms with Gasteiger partial charge in [-0.25, -0.2) is 0 Å². The van der Waals surface area contributed by atoms with Crippen molar-refractivity contribution in [2.24, 2.45) is 22.7 Å². The Balaban J connectivity index is 1.52. The van der Waals surface area contributed by atoms with E-state index in [1.165, 1.54) is 0 Å². The van der Waals surface area contributed by atoms with E-state index >= 15 is 0 Å². The summed E-state index contributed by atoms with van der Waals surface area (Å²) in [6.07, 6.45) is 3.52. The van der Waals surface area contributed by atoms with Gasteiger partial charge < -0.3 is 24.6 Å². The van der Waals surface area contributed by atoms with Gasteiger partial charge in [0.2, 0.25) is 0 Å². The van der Waals surface area contributed by atoms with E-state index in [2.05, 4.69) is 33.0 Å². The van der Waals surface area contributed by atoms with Crippen LogP contribution in [-0.4, -0.2) is 29.8 Å². The summed E-state index contributed by atoms with van der Waals surface area (Å²) in [6.45, 7) is 9.55. The van der Waals surface area contributed by atoms with Gasteiger partial charge >= 0.3 is 0 Å². The fraction of sp³-hybridized carbons (Fsp3) is 0.581. The van der Waals surface area contributed by atoms with E-state index in [0.29, 0.717) is 30.3 Å². The maximum atomic E-state index is 13.0. The summed E-state index contributed by atoms with van der Waals surface area (Å²) in [5.41, 5.74) is 2.60. The van der Waals surface area contributed by atoms with Crippen LogP contribution in [0.1, 0.15) is 86.7 Å². The molecule has 6 heteroatoms.